The molecule has 0 amide bonds. The van der Waals surface area contributed by atoms with Gasteiger partial charge < -0.3 is 63.6 Å². The first-order valence-electron chi connectivity index (χ1n) is 20.4. The van der Waals surface area contributed by atoms with Crippen molar-refractivity contribution in [1.82, 2.24) is 4.90 Å². The van der Waals surface area contributed by atoms with Gasteiger partial charge in [-0.05, 0) is 65.9 Å². The highest BCUT2D eigenvalue weighted by molar-refractivity contribution is 6.30. The minimum atomic E-state index is -2.12. The summed E-state index contributed by atoms with van der Waals surface area (Å²) in [5.41, 5.74) is -3.33. The van der Waals surface area contributed by atoms with Gasteiger partial charge in [-0.2, -0.15) is 0 Å². The van der Waals surface area contributed by atoms with Crippen LogP contribution in [0.2, 0.25) is 0 Å². The maximum Gasteiger partial charge on any atom is 0.316 e. The van der Waals surface area contributed by atoms with Crippen LogP contribution < -0.4 is 0 Å². The Balaban J connectivity index is 1.16. The lowest BCUT2D eigenvalue weighted by atomic mass is 9.66. The average Bonchev–Trinajstić information content (AvgIpc) is 3.16. The third-order valence-corrected chi connectivity index (χ3v) is 12.5. The number of rotatable bonds is 10. The molecule has 14 atom stereocenters. The van der Waals surface area contributed by atoms with Gasteiger partial charge in [0.15, 0.2) is 24.7 Å². The zero-order chi connectivity index (χ0) is 43.5. The van der Waals surface area contributed by atoms with E-state index >= 15 is 0 Å². The van der Waals surface area contributed by atoms with Crippen LogP contribution in [0, 0.1) is 0 Å². The first-order valence-corrected chi connectivity index (χ1v) is 20.4. The third-order valence-electron chi connectivity index (χ3n) is 12.5. The van der Waals surface area contributed by atoms with Crippen LogP contribution in [0.1, 0.15) is 121 Å². The minimum Gasteiger partial charge on any atom is -0.507 e. The van der Waals surface area contributed by atoms with Gasteiger partial charge in [-0.15, -0.1) is 0 Å². The number of methoxy groups -OCH3 is 1. The molecule has 0 aromatic heterocycles. The maximum absolute atomic E-state index is 14.0. The molecule has 17 heteroatoms. The van der Waals surface area contributed by atoms with Crippen molar-refractivity contribution in [3.63, 3.8) is 0 Å². The number of phenols is 2. The fraction of sp³-hybridized carbons (Fsp3) is 0.628. The topological polar surface area (TPSA) is 237 Å². The number of Topliss-reactive ketones (excluding diaryl/α,β-unsaturated/α-hetero) is 1. The largest absolute Gasteiger partial charge is 0.507 e. The second kappa shape index (κ2) is 17.1. The zero-order valence-electron chi connectivity index (χ0n) is 34.7. The lowest BCUT2D eigenvalue weighted by Crippen LogP contribution is -2.58. The molecule has 3 saturated heterocycles. The van der Waals surface area contributed by atoms with Crippen LogP contribution in [-0.4, -0.2) is 148 Å². The van der Waals surface area contributed by atoms with E-state index in [1.165, 1.54) is 31.2 Å². The summed E-state index contributed by atoms with van der Waals surface area (Å²) in [5.74, 6) is -5.65. The van der Waals surface area contributed by atoms with Crippen LogP contribution >= 0.6 is 0 Å². The predicted octanol–water partition coefficient (Wildman–Crippen LogP) is 2.52. The van der Waals surface area contributed by atoms with Crippen molar-refractivity contribution in [3.8, 4) is 11.5 Å². The van der Waals surface area contributed by atoms with Crippen LogP contribution in [-0.2, 0) is 42.7 Å². The molecule has 0 unspecified atom stereocenters. The standard InChI is InChI=1S/C43H55NO16/c1-18(45)16-43(53)17-29(34-23(36(43)42(52)54-7)13-24-35(39(34)51)38(50)33-22(37(24)49)9-8-10-27(33)47)58-31-14-25(44(5)6)40(20(3)56-31)60-32-15-28(48)41(21(4)57-32)59-30-12-11-26(46)19(2)55-30/h8-10,13,19-21,25-26,28-32,36,40-41,46-48,51,53H,11-12,14-17H2,1-7H3/t19-,20-,21-,25-,26-,28-,29-,30-,31+,32+,36-,40+,41+,43-/m1/s1. The van der Waals surface area contributed by atoms with Gasteiger partial charge in [0.2, 0.25) is 5.78 Å². The van der Waals surface area contributed by atoms with Crippen molar-refractivity contribution < 1.29 is 77.9 Å². The van der Waals surface area contributed by atoms with E-state index in [-0.39, 0.29) is 46.7 Å². The number of hydrogen-bond acceptors (Lipinski definition) is 17. The number of ether oxygens (including phenoxy) is 7. The normalized spacial score (nSPS) is 36.6. The smallest absolute Gasteiger partial charge is 0.316 e. The number of benzene rings is 2. The highest BCUT2D eigenvalue weighted by Gasteiger charge is 2.55. The fourth-order valence-electron chi connectivity index (χ4n) is 9.63. The van der Waals surface area contributed by atoms with E-state index < -0.39 is 132 Å². The molecule has 5 aliphatic rings. The second-order valence-corrected chi connectivity index (χ2v) is 17.0. The van der Waals surface area contributed by atoms with E-state index in [2.05, 4.69) is 0 Å². The van der Waals surface area contributed by atoms with Crippen LogP contribution in [0.4, 0.5) is 0 Å². The Bertz CT molecular complexity index is 1990. The van der Waals surface area contributed by atoms with Gasteiger partial charge in [-0.25, -0.2) is 0 Å². The number of phenolic OH excluding ortho intramolecular Hbond substituents is 2. The van der Waals surface area contributed by atoms with Crippen molar-refractivity contribution in [2.45, 2.75) is 151 Å². The number of hydrogen-bond donors (Lipinski definition) is 5. The number of nitrogens with zero attached hydrogens (tertiary/aromatic N) is 1. The van der Waals surface area contributed by atoms with Crippen molar-refractivity contribution in [3.05, 3.63) is 57.6 Å². The molecular formula is C43H55NO16. The Morgan fingerprint density at radius 3 is 2.12 bits per heavy atom. The van der Waals surface area contributed by atoms with E-state index in [0.29, 0.717) is 12.8 Å². The summed E-state index contributed by atoms with van der Waals surface area (Å²) in [4.78, 5) is 55.9. The van der Waals surface area contributed by atoms with E-state index in [1.54, 1.807) is 20.8 Å². The summed E-state index contributed by atoms with van der Waals surface area (Å²) in [5, 5.41) is 56.1. The third kappa shape index (κ3) is 8.12. The van der Waals surface area contributed by atoms with Crippen molar-refractivity contribution >= 4 is 23.3 Å². The Morgan fingerprint density at radius 1 is 0.833 bits per heavy atom. The summed E-state index contributed by atoms with van der Waals surface area (Å²) in [6, 6.07) is 4.88. The molecule has 0 radical (unpaired) electrons. The lowest BCUT2D eigenvalue weighted by molar-refractivity contribution is -0.328. The maximum atomic E-state index is 14.0. The van der Waals surface area contributed by atoms with E-state index in [4.69, 9.17) is 33.2 Å². The number of aliphatic hydroxyl groups is 3. The van der Waals surface area contributed by atoms with Gasteiger partial charge in [-0.1, -0.05) is 12.1 Å². The van der Waals surface area contributed by atoms with Crippen molar-refractivity contribution in [2.75, 3.05) is 21.2 Å². The first kappa shape index (κ1) is 44.2. The van der Waals surface area contributed by atoms with Gasteiger partial charge in [-0.3, -0.25) is 19.2 Å². The number of aromatic hydroxyl groups is 2. The van der Waals surface area contributed by atoms with Crippen LogP contribution in [0.25, 0.3) is 0 Å². The molecule has 0 bridgehead atoms. The minimum absolute atomic E-state index is 0.0661. The number of fused-ring (bicyclic) bond motifs is 3. The lowest BCUT2D eigenvalue weighted by Gasteiger charge is -2.48. The molecule has 2 aliphatic carbocycles. The molecular weight excluding hydrogens is 786 g/mol. The average molecular weight is 842 g/mol. The molecule has 2 aromatic rings. The van der Waals surface area contributed by atoms with Crippen LogP contribution in [0.3, 0.4) is 0 Å². The van der Waals surface area contributed by atoms with Gasteiger partial charge in [0.05, 0.1) is 60.5 Å². The molecule has 2 aromatic carbocycles. The molecule has 7 rings (SSSR count). The molecule has 5 N–H and O–H groups in total. The number of carbonyl (C=O) groups excluding carboxylic acids is 4. The highest BCUT2D eigenvalue weighted by Crippen LogP contribution is 2.54. The molecule has 3 heterocycles. The Morgan fingerprint density at radius 2 is 1.48 bits per heavy atom. The van der Waals surface area contributed by atoms with Gasteiger partial charge >= 0.3 is 5.97 Å². The summed E-state index contributed by atoms with van der Waals surface area (Å²) < 4.78 is 42.7. The first-order chi connectivity index (χ1) is 28.3. The molecule has 328 valence electrons. The Hall–Kier alpha value is -3.88. The number of ketones is 3. The molecule has 17 nitrogen and oxygen atoms in total. The second-order valence-electron chi connectivity index (χ2n) is 17.0. The number of likely N-dealkylation sites (N-methyl/N-ethyl adjacent to an activating group) is 1. The van der Waals surface area contributed by atoms with Crippen molar-refractivity contribution in [2.24, 2.45) is 0 Å². The molecule has 3 fully saturated rings. The van der Waals surface area contributed by atoms with Crippen LogP contribution in [0.5, 0.6) is 11.5 Å². The molecule has 0 saturated carbocycles. The number of esters is 1. The van der Waals surface area contributed by atoms with E-state index in [1.807, 2.05) is 19.0 Å². The monoisotopic (exact) mass is 841 g/mol. The van der Waals surface area contributed by atoms with Gasteiger partial charge in [0.1, 0.15) is 35.4 Å². The quantitative estimate of drug-likeness (QED) is 0.184. The molecule has 60 heavy (non-hydrogen) atoms. The summed E-state index contributed by atoms with van der Waals surface area (Å²) in [6.07, 6.45) is -7.97. The number of carbonyl (C=O) groups is 4. The van der Waals surface area contributed by atoms with E-state index in [9.17, 15) is 44.7 Å². The van der Waals surface area contributed by atoms with E-state index in [0.717, 1.165) is 7.11 Å². The van der Waals surface area contributed by atoms with Crippen LogP contribution in [0.15, 0.2) is 24.3 Å². The zero-order valence-corrected chi connectivity index (χ0v) is 34.7. The van der Waals surface area contributed by atoms with Gasteiger partial charge in [0.25, 0.3) is 0 Å². The summed E-state index contributed by atoms with van der Waals surface area (Å²) >= 11 is 0. The van der Waals surface area contributed by atoms with Gasteiger partial charge in [0, 0.05) is 54.8 Å². The predicted molar refractivity (Wildman–Crippen MR) is 207 cm³/mol. The molecule has 3 aliphatic heterocycles. The SMILES string of the molecule is COC(=O)[C@H]1c2cc3c(c(O)c2[C@H](O[C@H]2C[C@@H](N(C)C)[C@@H](O[C@H]4C[C@@H](O)[C@@H](O[C@@H]5CC[C@@H](O)[C@@H](C)O5)[C@@H](C)O4)[C@@H](C)O2)C[C@]1(O)CC(C)=O)C(=O)c1c(O)cccc1C3=O. The summed E-state index contributed by atoms with van der Waals surface area (Å²) in [7, 11) is 4.79. The fourth-order valence-corrected chi connectivity index (χ4v) is 9.63. The molecule has 0 spiro atoms. The summed E-state index contributed by atoms with van der Waals surface area (Å²) in [6.45, 7) is 6.57. The Kier molecular flexibility index (Phi) is 12.6. The highest BCUT2D eigenvalue weighted by atomic mass is 16.7. The Labute approximate surface area is 347 Å². The number of aliphatic hydroxyl groups excluding tert-OH is 2. The van der Waals surface area contributed by atoms with Crippen molar-refractivity contribution in [1.29, 1.82) is 0 Å².